The molecule has 1 fully saturated rings. The molecule has 0 saturated carbocycles. The van der Waals surface area contributed by atoms with Crippen LogP contribution < -0.4 is 15.0 Å². The number of benzene rings is 1. The number of methoxy groups -OCH3 is 1. The average molecular weight is 587 g/mol. The Bertz CT molecular complexity index is 1160. The number of aryl methyl sites for hydroxylation is 2. The first kappa shape index (κ1) is 27.5. The van der Waals surface area contributed by atoms with Crippen LogP contribution in [0.2, 0.25) is 0 Å². The standard InChI is InChI=1S/C28H36BrN5O2S/c1-19(9-12-30-28(35)27-20(2)31-18-32-21(27)3)33-13-10-24(11-14-33)34(15-22-16-37-17-26(22)29)23-5-7-25(36-4)8-6-23/h5-8,16-19,24H,9-15H2,1-4H3,(H,30,35)/t19-/m1/s1. The van der Waals surface area contributed by atoms with E-state index in [9.17, 15) is 4.79 Å². The van der Waals surface area contributed by atoms with Crippen LogP contribution in [0, 0.1) is 13.8 Å². The highest BCUT2D eigenvalue weighted by Gasteiger charge is 2.28. The number of likely N-dealkylation sites (tertiary alicyclic amines) is 1. The Morgan fingerprint density at radius 3 is 2.46 bits per heavy atom. The number of halogens is 1. The molecule has 1 amide bonds. The van der Waals surface area contributed by atoms with Gasteiger partial charge in [-0.3, -0.25) is 4.79 Å². The number of rotatable bonds is 10. The molecular formula is C28H36BrN5O2S. The molecule has 1 N–H and O–H groups in total. The second kappa shape index (κ2) is 12.8. The van der Waals surface area contributed by atoms with Gasteiger partial charge in [0.25, 0.3) is 5.91 Å². The van der Waals surface area contributed by atoms with E-state index >= 15 is 0 Å². The third kappa shape index (κ3) is 6.89. The Balaban J connectivity index is 1.33. The summed E-state index contributed by atoms with van der Waals surface area (Å²) in [5.41, 5.74) is 4.57. The van der Waals surface area contributed by atoms with Gasteiger partial charge in [0.15, 0.2) is 0 Å². The summed E-state index contributed by atoms with van der Waals surface area (Å²) in [6, 6.07) is 9.28. The van der Waals surface area contributed by atoms with Crippen LogP contribution in [0.1, 0.15) is 53.5 Å². The molecule has 0 aliphatic carbocycles. The Kier molecular flexibility index (Phi) is 9.56. The van der Waals surface area contributed by atoms with Crippen LogP contribution in [0.3, 0.4) is 0 Å². The summed E-state index contributed by atoms with van der Waals surface area (Å²) in [4.78, 5) is 26.1. The van der Waals surface area contributed by atoms with Crippen molar-refractivity contribution >= 4 is 38.9 Å². The van der Waals surface area contributed by atoms with E-state index in [2.05, 4.69) is 70.8 Å². The first-order chi connectivity index (χ1) is 17.9. The highest BCUT2D eigenvalue weighted by Crippen LogP contribution is 2.31. The van der Waals surface area contributed by atoms with Crippen molar-refractivity contribution in [3.05, 3.63) is 68.3 Å². The number of aromatic nitrogens is 2. The first-order valence-corrected chi connectivity index (χ1v) is 14.5. The highest BCUT2D eigenvalue weighted by molar-refractivity contribution is 9.10. The number of carbonyl (C=O) groups is 1. The second-order valence-corrected chi connectivity index (χ2v) is 11.2. The third-order valence-electron chi connectivity index (χ3n) is 7.30. The molecule has 2 aromatic heterocycles. The van der Waals surface area contributed by atoms with E-state index in [-0.39, 0.29) is 5.91 Å². The summed E-state index contributed by atoms with van der Waals surface area (Å²) < 4.78 is 6.56. The number of amides is 1. The van der Waals surface area contributed by atoms with Crippen LogP contribution in [0.15, 0.2) is 45.8 Å². The number of hydrogen-bond acceptors (Lipinski definition) is 7. The number of carbonyl (C=O) groups excluding carboxylic acids is 1. The molecule has 1 atom stereocenters. The molecule has 0 radical (unpaired) electrons. The molecule has 4 rings (SSSR count). The topological polar surface area (TPSA) is 70.6 Å². The van der Waals surface area contributed by atoms with E-state index in [0.717, 1.165) is 56.0 Å². The second-order valence-electron chi connectivity index (χ2n) is 9.65. The zero-order chi connectivity index (χ0) is 26.4. The lowest BCUT2D eigenvalue weighted by Crippen LogP contribution is -2.48. The van der Waals surface area contributed by atoms with Crippen molar-refractivity contribution in [1.82, 2.24) is 20.2 Å². The quantitative estimate of drug-likeness (QED) is 0.333. The van der Waals surface area contributed by atoms with Crippen LogP contribution in [-0.2, 0) is 6.54 Å². The van der Waals surface area contributed by atoms with Gasteiger partial charge in [-0.15, -0.1) is 0 Å². The number of hydrogen-bond donors (Lipinski definition) is 1. The molecule has 37 heavy (non-hydrogen) atoms. The maximum Gasteiger partial charge on any atom is 0.254 e. The van der Waals surface area contributed by atoms with Crippen LogP contribution in [0.5, 0.6) is 5.75 Å². The zero-order valence-electron chi connectivity index (χ0n) is 22.0. The fraction of sp³-hybridized carbons (Fsp3) is 0.464. The largest absolute Gasteiger partial charge is 0.497 e. The van der Waals surface area contributed by atoms with Crippen molar-refractivity contribution in [2.45, 2.75) is 58.7 Å². The van der Waals surface area contributed by atoms with Gasteiger partial charge in [-0.05, 0) is 91.2 Å². The number of piperidine rings is 1. The summed E-state index contributed by atoms with van der Waals surface area (Å²) in [7, 11) is 1.70. The Morgan fingerprint density at radius 2 is 1.86 bits per heavy atom. The fourth-order valence-corrected chi connectivity index (χ4v) is 6.45. The maximum absolute atomic E-state index is 12.7. The smallest absolute Gasteiger partial charge is 0.254 e. The third-order valence-corrected chi connectivity index (χ3v) is 9.13. The lowest BCUT2D eigenvalue weighted by molar-refractivity contribution is 0.0943. The van der Waals surface area contributed by atoms with E-state index in [1.165, 1.54) is 22.1 Å². The molecule has 1 aromatic carbocycles. The van der Waals surface area contributed by atoms with Crippen molar-refractivity contribution in [3.63, 3.8) is 0 Å². The summed E-state index contributed by atoms with van der Waals surface area (Å²) in [5, 5.41) is 7.45. The Morgan fingerprint density at radius 1 is 1.19 bits per heavy atom. The van der Waals surface area contributed by atoms with Gasteiger partial charge in [0.1, 0.15) is 12.1 Å². The molecule has 3 aromatic rings. The molecule has 7 nitrogen and oxygen atoms in total. The number of ether oxygens (including phenoxy) is 1. The predicted molar refractivity (Wildman–Crippen MR) is 154 cm³/mol. The lowest BCUT2D eigenvalue weighted by atomic mass is 9.99. The van der Waals surface area contributed by atoms with Gasteiger partial charge in [-0.2, -0.15) is 11.3 Å². The van der Waals surface area contributed by atoms with Crippen molar-refractivity contribution in [2.24, 2.45) is 0 Å². The van der Waals surface area contributed by atoms with Gasteiger partial charge in [-0.1, -0.05) is 0 Å². The molecule has 198 valence electrons. The van der Waals surface area contributed by atoms with Gasteiger partial charge in [0.2, 0.25) is 0 Å². The molecule has 1 saturated heterocycles. The normalized spacial score (nSPS) is 15.4. The summed E-state index contributed by atoms with van der Waals surface area (Å²) in [6.07, 6.45) is 4.61. The Labute approximate surface area is 232 Å². The van der Waals surface area contributed by atoms with Gasteiger partial charge in [0.05, 0.1) is 24.1 Å². The lowest BCUT2D eigenvalue weighted by Gasteiger charge is -2.42. The zero-order valence-corrected chi connectivity index (χ0v) is 24.4. The van der Waals surface area contributed by atoms with Crippen molar-refractivity contribution in [2.75, 3.05) is 31.6 Å². The average Bonchev–Trinajstić information content (AvgIpc) is 3.31. The van der Waals surface area contributed by atoms with Gasteiger partial charge in [0, 0.05) is 53.8 Å². The SMILES string of the molecule is COc1ccc(N(Cc2cscc2Br)C2CCN([C@H](C)CCNC(=O)c3c(C)ncnc3C)CC2)cc1. The number of thiophene rings is 1. The minimum atomic E-state index is -0.0868. The van der Waals surface area contributed by atoms with E-state index in [1.807, 2.05) is 26.0 Å². The molecule has 0 spiro atoms. The number of nitrogens with one attached hydrogen (secondary N) is 1. The summed E-state index contributed by atoms with van der Waals surface area (Å²) in [6.45, 7) is 9.57. The molecule has 9 heteroatoms. The predicted octanol–water partition coefficient (Wildman–Crippen LogP) is 5.61. The highest BCUT2D eigenvalue weighted by atomic mass is 79.9. The van der Waals surface area contributed by atoms with E-state index in [4.69, 9.17) is 4.74 Å². The van der Waals surface area contributed by atoms with E-state index < -0.39 is 0 Å². The monoisotopic (exact) mass is 585 g/mol. The van der Waals surface area contributed by atoms with Crippen LogP contribution in [0.25, 0.3) is 0 Å². The fourth-order valence-electron chi connectivity index (χ4n) is 5.03. The molecule has 0 unspecified atom stereocenters. The van der Waals surface area contributed by atoms with Crippen molar-refractivity contribution in [3.8, 4) is 5.75 Å². The molecule has 0 bridgehead atoms. The van der Waals surface area contributed by atoms with Crippen LogP contribution >= 0.6 is 27.3 Å². The maximum atomic E-state index is 12.7. The van der Waals surface area contributed by atoms with Crippen molar-refractivity contribution in [1.29, 1.82) is 0 Å². The molecule has 1 aliphatic rings. The van der Waals surface area contributed by atoms with E-state index in [0.29, 0.717) is 24.2 Å². The van der Waals surface area contributed by atoms with Gasteiger partial charge >= 0.3 is 0 Å². The first-order valence-electron chi connectivity index (χ1n) is 12.8. The van der Waals surface area contributed by atoms with E-state index in [1.54, 1.807) is 18.4 Å². The van der Waals surface area contributed by atoms with Crippen LogP contribution in [0.4, 0.5) is 5.69 Å². The minimum Gasteiger partial charge on any atom is -0.497 e. The minimum absolute atomic E-state index is 0.0868. The number of anilines is 1. The number of nitrogens with zero attached hydrogens (tertiary/aromatic N) is 4. The Hall–Kier alpha value is -2.49. The molecule has 1 aliphatic heterocycles. The van der Waals surface area contributed by atoms with Crippen LogP contribution in [-0.4, -0.2) is 59.6 Å². The van der Waals surface area contributed by atoms with Crippen molar-refractivity contribution < 1.29 is 9.53 Å². The molecule has 3 heterocycles. The summed E-state index contributed by atoms with van der Waals surface area (Å²) >= 11 is 5.45. The summed E-state index contributed by atoms with van der Waals surface area (Å²) in [5.74, 6) is 0.789. The molecular weight excluding hydrogens is 550 g/mol. The van der Waals surface area contributed by atoms with Gasteiger partial charge in [-0.25, -0.2) is 9.97 Å². The van der Waals surface area contributed by atoms with Gasteiger partial charge < -0.3 is 19.9 Å².